The number of hydrogen-bond acceptors (Lipinski definition) is 1. The lowest BCUT2D eigenvalue weighted by Gasteiger charge is -2.12. The first-order valence-electron chi connectivity index (χ1n) is 5.51. The van der Waals surface area contributed by atoms with Gasteiger partial charge < -0.3 is 5.11 Å². The minimum atomic E-state index is -0.358. The van der Waals surface area contributed by atoms with Crippen LogP contribution in [0.25, 0.3) is 0 Å². The molecule has 1 aromatic carbocycles. The fraction of sp³-hybridized carbons (Fsp3) is 0.538. The zero-order valence-corrected chi connectivity index (χ0v) is 11.1. The molecule has 0 radical (unpaired) electrons. The van der Waals surface area contributed by atoms with Gasteiger partial charge in [0.2, 0.25) is 0 Å². The minimum absolute atomic E-state index is 0.254. The average Bonchev–Trinajstić information content (AvgIpc) is 2.73. The number of rotatable bonds is 3. The molecule has 2 rings (SSSR count). The Kier molecular flexibility index (Phi) is 3.10. The smallest absolute Gasteiger partial charge is 0.124 e. The van der Waals surface area contributed by atoms with Crippen LogP contribution in [-0.4, -0.2) is 11.2 Å². The van der Waals surface area contributed by atoms with Crippen LogP contribution < -0.4 is 0 Å². The normalized spacial score (nSPS) is 24.2. The van der Waals surface area contributed by atoms with E-state index in [0.29, 0.717) is 12.3 Å². The van der Waals surface area contributed by atoms with E-state index in [4.69, 9.17) is 0 Å². The van der Waals surface area contributed by atoms with Crippen LogP contribution in [0.2, 0.25) is 0 Å². The Morgan fingerprint density at radius 1 is 1.50 bits per heavy atom. The topological polar surface area (TPSA) is 20.2 Å². The van der Waals surface area contributed by atoms with E-state index in [0.717, 1.165) is 16.5 Å². The summed E-state index contributed by atoms with van der Waals surface area (Å²) in [4.78, 5) is 0. The van der Waals surface area contributed by atoms with Crippen molar-refractivity contribution >= 4 is 15.9 Å². The van der Waals surface area contributed by atoms with Crippen LogP contribution in [0.5, 0.6) is 0 Å². The van der Waals surface area contributed by atoms with E-state index < -0.39 is 0 Å². The molecule has 2 atom stereocenters. The highest BCUT2D eigenvalue weighted by molar-refractivity contribution is 9.10. The second-order valence-electron chi connectivity index (χ2n) is 5.35. The molecule has 0 aromatic heterocycles. The van der Waals surface area contributed by atoms with E-state index in [1.807, 2.05) is 6.07 Å². The van der Waals surface area contributed by atoms with Crippen molar-refractivity contribution in [2.75, 3.05) is 0 Å². The molecule has 1 aliphatic rings. The van der Waals surface area contributed by atoms with Gasteiger partial charge in [-0.1, -0.05) is 29.8 Å². The van der Waals surface area contributed by atoms with Gasteiger partial charge in [-0.25, -0.2) is 4.39 Å². The Labute approximate surface area is 104 Å². The van der Waals surface area contributed by atoms with Crippen molar-refractivity contribution < 1.29 is 9.50 Å². The highest BCUT2D eigenvalue weighted by Gasteiger charge is 2.49. The van der Waals surface area contributed by atoms with Gasteiger partial charge in [0, 0.05) is 4.47 Å². The molecule has 0 amide bonds. The summed E-state index contributed by atoms with van der Waals surface area (Å²) >= 11 is 3.26. The van der Waals surface area contributed by atoms with Crippen molar-refractivity contribution in [2.45, 2.75) is 32.8 Å². The maximum atomic E-state index is 13.1. The number of hydrogen-bond donors (Lipinski definition) is 1. The summed E-state index contributed by atoms with van der Waals surface area (Å²) in [5.41, 5.74) is 1.10. The van der Waals surface area contributed by atoms with Gasteiger partial charge in [-0.3, -0.25) is 0 Å². The van der Waals surface area contributed by atoms with E-state index in [2.05, 4.69) is 29.8 Å². The maximum absolute atomic E-state index is 13.1. The van der Waals surface area contributed by atoms with Crippen LogP contribution in [0, 0.1) is 17.2 Å². The van der Waals surface area contributed by atoms with Crippen LogP contribution in [0.1, 0.15) is 25.8 Å². The molecule has 1 aromatic rings. The van der Waals surface area contributed by atoms with Gasteiger partial charge in [0.1, 0.15) is 5.82 Å². The predicted molar refractivity (Wildman–Crippen MR) is 65.7 cm³/mol. The van der Waals surface area contributed by atoms with Gasteiger partial charge in [-0.15, -0.1) is 0 Å². The van der Waals surface area contributed by atoms with Gasteiger partial charge >= 0.3 is 0 Å². The Bertz CT molecular complexity index is 383. The van der Waals surface area contributed by atoms with Crippen molar-refractivity contribution in [1.82, 2.24) is 0 Å². The fourth-order valence-electron chi connectivity index (χ4n) is 2.28. The summed E-state index contributed by atoms with van der Waals surface area (Å²) in [7, 11) is 0. The average molecular weight is 287 g/mol. The highest BCUT2D eigenvalue weighted by atomic mass is 79.9. The van der Waals surface area contributed by atoms with Crippen LogP contribution >= 0.6 is 15.9 Å². The number of aliphatic hydroxyl groups is 1. The molecule has 0 saturated heterocycles. The third kappa shape index (κ3) is 2.64. The standard InChI is InChI=1S/C13H16BrFO/c1-13(2)7-11(13)12(16)5-8-3-9(14)6-10(15)4-8/h3-4,6,11-12,16H,5,7H2,1-2H3. The first-order chi connectivity index (χ1) is 7.38. The molecule has 3 heteroatoms. The van der Waals surface area contributed by atoms with Crippen molar-refractivity contribution in [3.8, 4) is 0 Å². The maximum Gasteiger partial charge on any atom is 0.124 e. The highest BCUT2D eigenvalue weighted by Crippen LogP contribution is 2.54. The molecule has 1 nitrogen and oxygen atoms in total. The minimum Gasteiger partial charge on any atom is -0.392 e. The van der Waals surface area contributed by atoms with Crippen molar-refractivity contribution in [2.24, 2.45) is 11.3 Å². The Morgan fingerprint density at radius 3 is 2.62 bits per heavy atom. The number of benzene rings is 1. The quantitative estimate of drug-likeness (QED) is 0.901. The molecule has 1 fully saturated rings. The van der Waals surface area contributed by atoms with Gasteiger partial charge in [-0.05, 0) is 47.9 Å². The molecule has 0 heterocycles. The first kappa shape index (κ1) is 12.1. The first-order valence-corrected chi connectivity index (χ1v) is 6.31. The predicted octanol–water partition coefficient (Wildman–Crippen LogP) is 3.54. The molecule has 1 saturated carbocycles. The summed E-state index contributed by atoms with van der Waals surface area (Å²) in [6, 6.07) is 4.78. The SMILES string of the molecule is CC1(C)CC1C(O)Cc1cc(F)cc(Br)c1. The zero-order chi connectivity index (χ0) is 11.9. The zero-order valence-electron chi connectivity index (χ0n) is 9.50. The molecular formula is C13H16BrFO. The van der Waals surface area contributed by atoms with Crippen molar-refractivity contribution in [3.05, 3.63) is 34.1 Å². The largest absolute Gasteiger partial charge is 0.392 e. The molecule has 0 aliphatic heterocycles. The van der Waals surface area contributed by atoms with Crippen LogP contribution in [0.3, 0.4) is 0 Å². The molecule has 0 bridgehead atoms. The second-order valence-corrected chi connectivity index (χ2v) is 6.26. The number of halogens is 2. The third-order valence-corrected chi connectivity index (χ3v) is 3.88. The molecule has 1 N–H and O–H groups in total. The van der Waals surface area contributed by atoms with Crippen molar-refractivity contribution in [3.63, 3.8) is 0 Å². The second kappa shape index (κ2) is 4.11. The monoisotopic (exact) mass is 286 g/mol. The van der Waals surface area contributed by atoms with E-state index in [-0.39, 0.29) is 17.3 Å². The summed E-state index contributed by atoms with van der Waals surface area (Å²) in [5.74, 6) is 0.0983. The lowest BCUT2D eigenvalue weighted by molar-refractivity contribution is 0.137. The Balaban J connectivity index is 2.04. The Hall–Kier alpha value is -0.410. The third-order valence-electron chi connectivity index (χ3n) is 3.42. The lowest BCUT2D eigenvalue weighted by atomic mass is 10.00. The molecule has 16 heavy (non-hydrogen) atoms. The van der Waals surface area contributed by atoms with E-state index >= 15 is 0 Å². The van der Waals surface area contributed by atoms with E-state index in [1.54, 1.807) is 0 Å². The molecule has 88 valence electrons. The number of aliphatic hydroxyl groups excluding tert-OH is 1. The van der Waals surface area contributed by atoms with Crippen LogP contribution in [0.15, 0.2) is 22.7 Å². The van der Waals surface area contributed by atoms with Crippen LogP contribution in [-0.2, 0) is 6.42 Å². The molecular weight excluding hydrogens is 271 g/mol. The molecule has 2 unspecified atom stereocenters. The van der Waals surface area contributed by atoms with Gasteiger partial charge in [-0.2, -0.15) is 0 Å². The van der Waals surface area contributed by atoms with Gasteiger partial charge in [0.25, 0.3) is 0 Å². The van der Waals surface area contributed by atoms with Crippen molar-refractivity contribution in [1.29, 1.82) is 0 Å². The lowest BCUT2D eigenvalue weighted by Crippen LogP contribution is -2.16. The fourth-order valence-corrected chi connectivity index (χ4v) is 2.79. The van der Waals surface area contributed by atoms with Gasteiger partial charge in [0.05, 0.1) is 6.10 Å². The summed E-state index contributed by atoms with van der Waals surface area (Å²) < 4.78 is 13.9. The van der Waals surface area contributed by atoms with E-state index in [1.165, 1.54) is 12.1 Å². The van der Waals surface area contributed by atoms with Gasteiger partial charge in [0.15, 0.2) is 0 Å². The molecule has 0 spiro atoms. The summed E-state index contributed by atoms with van der Waals surface area (Å²) in [5, 5.41) is 10.0. The summed E-state index contributed by atoms with van der Waals surface area (Å²) in [6.07, 6.45) is 1.23. The summed E-state index contributed by atoms with van der Waals surface area (Å²) in [6.45, 7) is 4.31. The Morgan fingerprint density at radius 2 is 2.12 bits per heavy atom. The molecule has 1 aliphatic carbocycles. The van der Waals surface area contributed by atoms with E-state index in [9.17, 15) is 9.50 Å². The van der Waals surface area contributed by atoms with Crippen LogP contribution in [0.4, 0.5) is 4.39 Å².